The van der Waals surface area contributed by atoms with Crippen LogP contribution in [0.2, 0.25) is 5.02 Å². The monoisotopic (exact) mass is 206 g/mol. The summed E-state index contributed by atoms with van der Waals surface area (Å²) in [6.07, 6.45) is 1.52. The third kappa shape index (κ3) is 1.33. The number of hydrogen-bond acceptors (Lipinski definition) is 2. The van der Waals surface area contributed by atoms with E-state index in [2.05, 4.69) is 4.99 Å². The number of aliphatic imine (C=N–C) groups is 1. The molecule has 0 aliphatic carbocycles. The normalized spacial score (nSPS) is 10.1. The Morgan fingerprint density at radius 2 is 2.21 bits per heavy atom. The van der Waals surface area contributed by atoms with Crippen molar-refractivity contribution in [2.24, 2.45) is 12.0 Å². The van der Waals surface area contributed by atoms with Crippen molar-refractivity contribution in [1.82, 2.24) is 4.57 Å². The summed E-state index contributed by atoms with van der Waals surface area (Å²) in [5.74, 6) is 0.581. The molecule has 14 heavy (non-hydrogen) atoms. The van der Waals surface area contributed by atoms with E-state index in [1.165, 1.54) is 6.08 Å². The highest BCUT2D eigenvalue weighted by atomic mass is 35.5. The van der Waals surface area contributed by atoms with Crippen LogP contribution >= 0.6 is 11.6 Å². The molecule has 2 rings (SSSR count). The van der Waals surface area contributed by atoms with Crippen LogP contribution in [-0.2, 0) is 11.8 Å². The van der Waals surface area contributed by atoms with Crippen molar-refractivity contribution in [3.05, 3.63) is 29.3 Å². The summed E-state index contributed by atoms with van der Waals surface area (Å²) in [4.78, 5) is 13.7. The summed E-state index contributed by atoms with van der Waals surface area (Å²) in [6.45, 7) is 0. The molecule has 0 fully saturated rings. The highest BCUT2D eigenvalue weighted by Crippen LogP contribution is 2.26. The van der Waals surface area contributed by atoms with Gasteiger partial charge in [-0.1, -0.05) is 11.6 Å². The fourth-order valence-electron chi connectivity index (χ4n) is 1.46. The number of benzene rings is 1. The van der Waals surface area contributed by atoms with Crippen LogP contribution in [0, 0.1) is 0 Å². The van der Waals surface area contributed by atoms with Gasteiger partial charge in [0, 0.05) is 23.0 Å². The number of carbonyl (C=O) groups excluding carboxylic acids is 1. The van der Waals surface area contributed by atoms with E-state index in [-0.39, 0.29) is 0 Å². The quantitative estimate of drug-likeness (QED) is 0.522. The van der Waals surface area contributed by atoms with Gasteiger partial charge in [-0.05, 0) is 24.3 Å². The Morgan fingerprint density at radius 3 is 2.93 bits per heavy atom. The first-order valence-electron chi connectivity index (χ1n) is 4.05. The van der Waals surface area contributed by atoms with E-state index in [1.54, 1.807) is 12.1 Å². The van der Waals surface area contributed by atoms with Crippen molar-refractivity contribution in [2.75, 3.05) is 0 Å². The van der Waals surface area contributed by atoms with Crippen molar-refractivity contribution in [3.8, 4) is 0 Å². The van der Waals surface area contributed by atoms with E-state index in [0.29, 0.717) is 10.8 Å². The fraction of sp³-hybridized carbons (Fsp3) is 0.100. The Balaban J connectivity index is 2.79. The van der Waals surface area contributed by atoms with Crippen LogP contribution in [0.1, 0.15) is 0 Å². The summed E-state index contributed by atoms with van der Waals surface area (Å²) in [5.41, 5.74) is 0.989. The molecule has 0 aliphatic rings. The standard InChI is InChI=1S/C10H7ClN2O/c1-13-9-3-2-8(11)4-7(9)5-10(13)12-6-14/h2-5H,1H3. The molecule has 2 aromatic rings. The largest absolute Gasteiger partial charge is 0.328 e. The van der Waals surface area contributed by atoms with Crippen molar-refractivity contribution < 1.29 is 4.79 Å². The number of aromatic nitrogens is 1. The molecule has 0 N–H and O–H groups in total. The second-order valence-electron chi connectivity index (χ2n) is 2.97. The minimum atomic E-state index is 0.581. The zero-order chi connectivity index (χ0) is 10.1. The van der Waals surface area contributed by atoms with E-state index in [0.717, 1.165) is 10.9 Å². The smallest absolute Gasteiger partial charge is 0.242 e. The molecule has 4 heteroatoms. The van der Waals surface area contributed by atoms with Crippen molar-refractivity contribution in [2.45, 2.75) is 0 Å². The van der Waals surface area contributed by atoms with Gasteiger partial charge in [-0.2, -0.15) is 0 Å². The summed E-state index contributed by atoms with van der Waals surface area (Å²) in [7, 11) is 1.84. The van der Waals surface area contributed by atoms with E-state index in [9.17, 15) is 4.79 Å². The zero-order valence-electron chi connectivity index (χ0n) is 7.49. The second kappa shape index (κ2) is 3.29. The van der Waals surface area contributed by atoms with Crippen LogP contribution in [0.25, 0.3) is 10.9 Å². The van der Waals surface area contributed by atoms with Crippen molar-refractivity contribution in [1.29, 1.82) is 0 Å². The first-order valence-corrected chi connectivity index (χ1v) is 4.43. The lowest BCUT2D eigenvalue weighted by molar-refractivity contribution is 0.565. The average Bonchev–Trinajstić information content (AvgIpc) is 2.44. The van der Waals surface area contributed by atoms with E-state index < -0.39 is 0 Å². The molecule has 1 aromatic carbocycles. The number of hydrogen-bond donors (Lipinski definition) is 0. The molecule has 0 unspecified atom stereocenters. The molecular weight excluding hydrogens is 200 g/mol. The maximum atomic E-state index is 10.1. The van der Waals surface area contributed by atoms with E-state index >= 15 is 0 Å². The molecule has 0 saturated heterocycles. The van der Waals surface area contributed by atoms with Crippen LogP contribution in [0.15, 0.2) is 29.3 Å². The van der Waals surface area contributed by atoms with Gasteiger partial charge in [0.15, 0.2) is 0 Å². The summed E-state index contributed by atoms with van der Waals surface area (Å²) in [5, 5.41) is 1.64. The van der Waals surface area contributed by atoms with E-state index in [1.807, 2.05) is 23.7 Å². The molecule has 0 saturated carbocycles. The highest BCUT2D eigenvalue weighted by Gasteiger charge is 2.04. The minimum Gasteiger partial charge on any atom is -0.328 e. The third-order valence-corrected chi connectivity index (χ3v) is 2.37. The lowest BCUT2D eigenvalue weighted by Crippen LogP contribution is -1.84. The minimum absolute atomic E-state index is 0.581. The Bertz CT molecular complexity index is 538. The summed E-state index contributed by atoms with van der Waals surface area (Å²) in [6, 6.07) is 7.33. The lowest BCUT2D eigenvalue weighted by atomic mass is 10.2. The Kier molecular flexibility index (Phi) is 2.12. The van der Waals surface area contributed by atoms with Gasteiger partial charge >= 0.3 is 0 Å². The Labute approximate surface area is 85.6 Å². The number of isocyanates is 1. The molecule has 0 radical (unpaired) electrons. The second-order valence-corrected chi connectivity index (χ2v) is 3.40. The van der Waals surface area contributed by atoms with Gasteiger partial charge in [-0.25, -0.2) is 4.79 Å². The molecular formula is C10H7ClN2O. The summed E-state index contributed by atoms with van der Waals surface area (Å²) < 4.78 is 1.82. The maximum Gasteiger partial charge on any atom is 0.242 e. The topological polar surface area (TPSA) is 34.4 Å². The van der Waals surface area contributed by atoms with Gasteiger partial charge in [-0.3, -0.25) is 0 Å². The molecule has 1 aromatic heterocycles. The van der Waals surface area contributed by atoms with Gasteiger partial charge in [0.05, 0.1) is 0 Å². The molecule has 1 heterocycles. The Morgan fingerprint density at radius 1 is 1.43 bits per heavy atom. The molecule has 3 nitrogen and oxygen atoms in total. The van der Waals surface area contributed by atoms with Crippen molar-refractivity contribution >= 4 is 34.4 Å². The molecule has 0 spiro atoms. The first kappa shape index (κ1) is 9.00. The van der Waals surface area contributed by atoms with Gasteiger partial charge < -0.3 is 4.57 Å². The molecule has 70 valence electrons. The van der Waals surface area contributed by atoms with Gasteiger partial charge in [0.1, 0.15) is 5.82 Å². The van der Waals surface area contributed by atoms with Crippen LogP contribution in [0.4, 0.5) is 5.82 Å². The molecule has 0 aliphatic heterocycles. The third-order valence-electron chi connectivity index (χ3n) is 2.14. The first-order chi connectivity index (χ1) is 6.72. The number of rotatable bonds is 1. The number of halogens is 1. The number of aryl methyl sites for hydroxylation is 1. The molecule has 0 amide bonds. The predicted molar refractivity (Wildman–Crippen MR) is 55.7 cm³/mol. The zero-order valence-corrected chi connectivity index (χ0v) is 8.25. The number of nitrogens with zero attached hydrogens (tertiary/aromatic N) is 2. The van der Waals surface area contributed by atoms with Crippen molar-refractivity contribution in [3.63, 3.8) is 0 Å². The van der Waals surface area contributed by atoms with Crippen LogP contribution < -0.4 is 0 Å². The van der Waals surface area contributed by atoms with Gasteiger partial charge in [0.25, 0.3) is 0 Å². The Hall–Kier alpha value is -1.57. The SMILES string of the molecule is Cn1c(N=C=O)cc2cc(Cl)ccc21. The van der Waals surface area contributed by atoms with Crippen LogP contribution in [0.5, 0.6) is 0 Å². The highest BCUT2D eigenvalue weighted by molar-refractivity contribution is 6.31. The summed E-state index contributed by atoms with van der Waals surface area (Å²) >= 11 is 5.84. The lowest BCUT2D eigenvalue weighted by Gasteiger charge is -1.96. The maximum absolute atomic E-state index is 10.1. The fourth-order valence-corrected chi connectivity index (χ4v) is 1.64. The number of fused-ring (bicyclic) bond motifs is 1. The molecule has 0 atom stereocenters. The van der Waals surface area contributed by atoms with Crippen LogP contribution in [0.3, 0.4) is 0 Å². The van der Waals surface area contributed by atoms with Crippen LogP contribution in [-0.4, -0.2) is 10.6 Å². The van der Waals surface area contributed by atoms with Gasteiger partial charge in [-0.15, -0.1) is 4.99 Å². The molecule has 0 bridgehead atoms. The van der Waals surface area contributed by atoms with E-state index in [4.69, 9.17) is 11.6 Å². The predicted octanol–water partition coefficient (Wildman–Crippen LogP) is 2.80. The average molecular weight is 207 g/mol. The van der Waals surface area contributed by atoms with Gasteiger partial charge in [0.2, 0.25) is 6.08 Å².